The highest BCUT2D eigenvalue weighted by Crippen LogP contribution is 2.24. The minimum Gasteiger partial charge on any atom is -0.396 e. The number of hydrogen-bond donors (Lipinski definition) is 2. The van der Waals surface area contributed by atoms with E-state index in [-0.39, 0.29) is 12.5 Å². The van der Waals surface area contributed by atoms with Crippen molar-refractivity contribution < 1.29 is 5.11 Å². The fourth-order valence-electron chi connectivity index (χ4n) is 3.14. The number of aromatic nitrogens is 2. The first-order valence-corrected chi connectivity index (χ1v) is 8.64. The van der Waals surface area contributed by atoms with Crippen LogP contribution in [0.4, 0.5) is 0 Å². The summed E-state index contributed by atoms with van der Waals surface area (Å²) in [6, 6.07) is 18.9. The van der Waals surface area contributed by atoms with Crippen molar-refractivity contribution in [3.05, 3.63) is 71.5 Å². The van der Waals surface area contributed by atoms with E-state index in [0.29, 0.717) is 6.54 Å². The van der Waals surface area contributed by atoms with Gasteiger partial charge in [0.1, 0.15) is 0 Å². The average molecular weight is 335 g/mol. The second-order valence-corrected chi connectivity index (χ2v) is 6.58. The highest BCUT2D eigenvalue weighted by molar-refractivity contribution is 5.66. The molecule has 0 fully saturated rings. The van der Waals surface area contributed by atoms with Crippen LogP contribution in [0.3, 0.4) is 0 Å². The monoisotopic (exact) mass is 335 g/mol. The van der Waals surface area contributed by atoms with Crippen LogP contribution in [0, 0.1) is 19.8 Å². The van der Waals surface area contributed by atoms with Crippen LogP contribution in [0.1, 0.15) is 17.0 Å². The lowest BCUT2D eigenvalue weighted by Crippen LogP contribution is -2.20. The number of nitrogens with zero attached hydrogens (tertiary/aromatic N) is 2. The van der Waals surface area contributed by atoms with Crippen molar-refractivity contribution in [1.29, 1.82) is 0 Å². The van der Waals surface area contributed by atoms with Gasteiger partial charge < -0.3 is 10.8 Å². The fourth-order valence-corrected chi connectivity index (χ4v) is 3.14. The molecular weight excluding hydrogens is 310 g/mol. The van der Waals surface area contributed by atoms with Gasteiger partial charge in [-0.15, -0.1) is 0 Å². The second kappa shape index (κ2) is 7.64. The van der Waals surface area contributed by atoms with E-state index in [9.17, 15) is 5.11 Å². The maximum absolute atomic E-state index is 9.37. The summed E-state index contributed by atoms with van der Waals surface area (Å²) in [5.41, 5.74) is 12.4. The summed E-state index contributed by atoms with van der Waals surface area (Å²) in [6.07, 6.45) is 0.790. The molecule has 1 atom stereocenters. The molecule has 3 aromatic rings. The first-order chi connectivity index (χ1) is 12.1. The van der Waals surface area contributed by atoms with Crippen molar-refractivity contribution >= 4 is 0 Å². The molecule has 1 heterocycles. The van der Waals surface area contributed by atoms with E-state index in [0.717, 1.165) is 34.6 Å². The Hall–Kier alpha value is -2.43. The lowest BCUT2D eigenvalue weighted by atomic mass is 9.96. The average Bonchev–Trinajstić information content (AvgIpc) is 2.98. The molecule has 0 saturated heterocycles. The normalized spacial score (nSPS) is 12.3. The van der Waals surface area contributed by atoms with Gasteiger partial charge in [0.25, 0.3) is 0 Å². The molecule has 1 unspecified atom stereocenters. The van der Waals surface area contributed by atoms with Gasteiger partial charge in [0, 0.05) is 12.3 Å². The van der Waals surface area contributed by atoms with E-state index in [1.165, 1.54) is 5.56 Å². The van der Waals surface area contributed by atoms with E-state index in [1.807, 2.05) is 11.6 Å². The van der Waals surface area contributed by atoms with Crippen molar-refractivity contribution in [2.24, 2.45) is 11.7 Å². The SMILES string of the molecule is Cc1cc(C)n(-c2cccc(-c3cccc(CC(CN)CO)c3)c2)n1. The molecule has 0 aliphatic rings. The van der Waals surface area contributed by atoms with Gasteiger partial charge in [-0.05, 0) is 67.6 Å². The maximum Gasteiger partial charge on any atom is 0.0654 e. The third-order valence-corrected chi connectivity index (χ3v) is 4.48. The zero-order chi connectivity index (χ0) is 17.8. The highest BCUT2D eigenvalue weighted by Gasteiger charge is 2.09. The van der Waals surface area contributed by atoms with Gasteiger partial charge in [-0.2, -0.15) is 5.10 Å². The number of rotatable bonds is 6. The molecule has 4 nitrogen and oxygen atoms in total. The van der Waals surface area contributed by atoms with Gasteiger partial charge in [-0.25, -0.2) is 4.68 Å². The molecule has 130 valence electrons. The summed E-state index contributed by atoms with van der Waals surface area (Å²) in [5, 5.41) is 13.9. The Balaban J connectivity index is 1.92. The number of benzene rings is 2. The molecule has 0 amide bonds. The lowest BCUT2D eigenvalue weighted by Gasteiger charge is -2.13. The number of aryl methyl sites for hydroxylation is 2. The standard InChI is InChI=1S/C21H25N3O/c1-15-9-16(2)24(23-15)21-8-4-7-20(12-21)19-6-3-5-17(11-19)10-18(13-22)14-25/h3-9,11-12,18,25H,10,13-14,22H2,1-2H3. The van der Waals surface area contributed by atoms with Gasteiger partial charge in [0.15, 0.2) is 0 Å². The lowest BCUT2D eigenvalue weighted by molar-refractivity contribution is 0.230. The molecule has 3 N–H and O–H groups in total. The van der Waals surface area contributed by atoms with Crippen molar-refractivity contribution in [3.8, 4) is 16.8 Å². The number of aliphatic hydroxyl groups is 1. The third kappa shape index (κ3) is 3.98. The number of nitrogens with two attached hydrogens (primary N) is 1. The Morgan fingerprint density at radius 1 is 1.04 bits per heavy atom. The smallest absolute Gasteiger partial charge is 0.0654 e. The second-order valence-electron chi connectivity index (χ2n) is 6.58. The van der Waals surface area contributed by atoms with Crippen LogP contribution in [0.5, 0.6) is 0 Å². The van der Waals surface area contributed by atoms with E-state index in [2.05, 4.69) is 66.6 Å². The molecule has 0 radical (unpaired) electrons. The third-order valence-electron chi connectivity index (χ3n) is 4.48. The topological polar surface area (TPSA) is 64.1 Å². The maximum atomic E-state index is 9.37. The minimum absolute atomic E-state index is 0.108. The zero-order valence-electron chi connectivity index (χ0n) is 14.8. The van der Waals surface area contributed by atoms with Crippen molar-refractivity contribution in [2.75, 3.05) is 13.2 Å². The van der Waals surface area contributed by atoms with Gasteiger partial charge in [-0.1, -0.05) is 36.4 Å². The number of hydrogen-bond acceptors (Lipinski definition) is 3. The van der Waals surface area contributed by atoms with Gasteiger partial charge in [0.05, 0.1) is 11.4 Å². The molecule has 0 spiro atoms. The van der Waals surface area contributed by atoms with Crippen molar-refractivity contribution in [2.45, 2.75) is 20.3 Å². The van der Waals surface area contributed by atoms with Crippen molar-refractivity contribution in [1.82, 2.24) is 9.78 Å². The molecule has 0 bridgehead atoms. The van der Waals surface area contributed by atoms with E-state index < -0.39 is 0 Å². The Kier molecular flexibility index (Phi) is 5.31. The van der Waals surface area contributed by atoms with Gasteiger partial charge >= 0.3 is 0 Å². The summed E-state index contributed by atoms with van der Waals surface area (Å²) >= 11 is 0. The first-order valence-electron chi connectivity index (χ1n) is 8.64. The van der Waals surface area contributed by atoms with Crippen LogP contribution in [0.25, 0.3) is 16.8 Å². The summed E-state index contributed by atoms with van der Waals surface area (Å²) in [7, 11) is 0. The van der Waals surface area contributed by atoms with Crippen LogP contribution in [0.15, 0.2) is 54.6 Å². The van der Waals surface area contributed by atoms with Gasteiger partial charge in [-0.3, -0.25) is 0 Å². The molecule has 2 aromatic carbocycles. The Labute approximate surface area is 148 Å². The predicted octanol–water partition coefficient (Wildman–Crippen LogP) is 3.27. The van der Waals surface area contributed by atoms with E-state index >= 15 is 0 Å². The molecule has 3 rings (SSSR count). The highest BCUT2D eigenvalue weighted by atomic mass is 16.3. The molecule has 4 heteroatoms. The molecular formula is C21H25N3O. The van der Waals surface area contributed by atoms with Crippen LogP contribution >= 0.6 is 0 Å². The van der Waals surface area contributed by atoms with E-state index in [1.54, 1.807) is 0 Å². The Bertz CT molecular complexity index is 850. The fraction of sp³-hybridized carbons (Fsp3) is 0.286. The first kappa shape index (κ1) is 17.4. The Morgan fingerprint density at radius 2 is 1.76 bits per heavy atom. The largest absolute Gasteiger partial charge is 0.396 e. The summed E-state index contributed by atoms with van der Waals surface area (Å²) in [4.78, 5) is 0. The van der Waals surface area contributed by atoms with Crippen LogP contribution in [0.2, 0.25) is 0 Å². The van der Waals surface area contributed by atoms with Crippen LogP contribution in [-0.2, 0) is 6.42 Å². The quantitative estimate of drug-likeness (QED) is 0.727. The molecule has 25 heavy (non-hydrogen) atoms. The van der Waals surface area contributed by atoms with Crippen molar-refractivity contribution in [3.63, 3.8) is 0 Å². The summed E-state index contributed by atoms with van der Waals surface area (Å²) < 4.78 is 1.97. The van der Waals surface area contributed by atoms with E-state index in [4.69, 9.17) is 5.73 Å². The van der Waals surface area contributed by atoms with Crippen LogP contribution in [-0.4, -0.2) is 28.0 Å². The summed E-state index contributed by atoms with van der Waals surface area (Å²) in [6.45, 7) is 4.68. The van der Waals surface area contributed by atoms with Gasteiger partial charge in [0.2, 0.25) is 0 Å². The predicted molar refractivity (Wildman–Crippen MR) is 102 cm³/mol. The Morgan fingerprint density at radius 3 is 2.40 bits per heavy atom. The minimum atomic E-state index is 0.108. The molecule has 0 saturated carbocycles. The zero-order valence-corrected chi connectivity index (χ0v) is 14.8. The summed E-state index contributed by atoms with van der Waals surface area (Å²) in [5.74, 6) is 0.108. The molecule has 0 aliphatic heterocycles. The molecule has 0 aliphatic carbocycles. The van der Waals surface area contributed by atoms with Crippen LogP contribution < -0.4 is 5.73 Å². The number of aliphatic hydroxyl groups excluding tert-OH is 1. The molecule has 1 aromatic heterocycles.